The number of benzene rings is 2. The Morgan fingerprint density at radius 3 is 2.52 bits per heavy atom. The molecule has 2 aromatic carbocycles. The summed E-state index contributed by atoms with van der Waals surface area (Å²) in [5.74, 6) is -1.18. The normalized spacial score (nSPS) is 14.2. The van der Waals surface area contributed by atoms with Gasteiger partial charge in [-0.1, -0.05) is 43.7 Å². The summed E-state index contributed by atoms with van der Waals surface area (Å²) in [6.07, 6.45) is 3.61. The van der Waals surface area contributed by atoms with Crippen molar-refractivity contribution in [3.8, 4) is 0 Å². The summed E-state index contributed by atoms with van der Waals surface area (Å²) in [5, 5.41) is 14.4. The number of anilines is 1. The molecule has 3 rings (SSSR count). The minimum absolute atomic E-state index is 0.0515. The lowest BCUT2D eigenvalue weighted by molar-refractivity contribution is -0.384. The molecular formula is C23H27N3O5. The fourth-order valence-electron chi connectivity index (χ4n) is 3.77. The van der Waals surface area contributed by atoms with E-state index in [2.05, 4.69) is 5.32 Å². The Labute approximate surface area is 181 Å². The number of carbonyl (C=O) groups excluding carboxylic acids is 2. The summed E-state index contributed by atoms with van der Waals surface area (Å²) < 4.78 is 5.12. The lowest BCUT2D eigenvalue weighted by atomic mass is 10.0. The van der Waals surface area contributed by atoms with Crippen LogP contribution in [0.15, 0.2) is 48.5 Å². The summed E-state index contributed by atoms with van der Waals surface area (Å²) in [5.41, 5.74) is 1.41. The number of rotatable bonds is 9. The van der Waals surface area contributed by atoms with Gasteiger partial charge in [-0.15, -0.1) is 0 Å². The lowest BCUT2D eigenvalue weighted by Gasteiger charge is -2.19. The van der Waals surface area contributed by atoms with Crippen molar-refractivity contribution in [3.05, 3.63) is 69.8 Å². The molecule has 1 aliphatic rings. The minimum Gasteiger partial charge on any atom is -0.452 e. The molecule has 0 bridgehead atoms. The first kappa shape index (κ1) is 22.3. The summed E-state index contributed by atoms with van der Waals surface area (Å²) in [7, 11) is 0. The highest BCUT2D eigenvalue weighted by molar-refractivity contribution is 5.93. The fraction of sp³-hybridized carbons (Fsp3) is 0.391. The molecule has 1 fully saturated rings. The maximum Gasteiger partial charge on any atom is 0.338 e. The highest BCUT2D eigenvalue weighted by atomic mass is 16.6. The standard InChI is InChI=1S/C23H27N3O5/c1-2-8-19(17-9-4-3-5-10-17)24-22(27)16-31-23(28)18-11-12-20(21(15-18)26(29)30)25-13-6-7-14-25/h3-5,9-12,15,19H,2,6-8,13-14,16H2,1H3,(H,24,27)/t19-/m1/s1. The van der Waals surface area contributed by atoms with Gasteiger partial charge in [0.1, 0.15) is 5.69 Å². The van der Waals surface area contributed by atoms with Gasteiger partial charge in [0.15, 0.2) is 6.61 Å². The third kappa shape index (κ3) is 5.81. The minimum atomic E-state index is -0.766. The van der Waals surface area contributed by atoms with Gasteiger partial charge < -0.3 is 15.0 Å². The van der Waals surface area contributed by atoms with Gasteiger partial charge in [0.05, 0.1) is 16.5 Å². The van der Waals surface area contributed by atoms with Gasteiger partial charge in [-0.25, -0.2) is 4.79 Å². The van der Waals surface area contributed by atoms with Crippen LogP contribution in [0, 0.1) is 10.1 Å². The molecule has 0 radical (unpaired) electrons. The van der Waals surface area contributed by atoms with Crippen LogP contribution in [-0.4, -0.2) is 36.5 Å². The van der Waals surface area contributed by atoms with Crippen LogP contribution in [0.1, 0.15) is 54.6 Å². The van der Waals surface area contributed by atoms with Crippen LogP contribution >= 0.6 is 0 Å². The quantitative estimate of drug-likeness (QED) is 0.370. The SMILES string of the molecule is CCC[C@@H](NC(=O)COC(=O)c1ccc(N2CCCC2)c([N+](=O)[O-])c1)c1ccccc1. The first-order valence-corrected chi connectivity index (χ1v) is 10.5. The van der Waals surface area contributed by atoms with E-state index in [1.807, 2.05) is 42.2 Å². The molecule has 8 nitrogen and oxygen atoms in total. The molecule has 8 heteroatoms. The fourth-order valence-corrected chi connectivity index (χ4v) is 3.77. The van der Waals surface area contributed by atoms with Crippen molar-refractivity contribution in [2.45, 2.75) is 38.6 Å². The Balaban J connectivity index is 1.62. The van der Waals surface area contributed by atoms with Crippen LogP contribution in [0.5, 0.6) is 0 Å². The van der Waals surface area contributed by atoms with Gasteiger partial charge in [-0.2, -0.15) is 0 Å². The third-order valence-electron chi connectivity index (χ3n) is 5.30. The monoisotopic (exact) mass is 425 g/mol. The Morgan fingerprint density at radius 2 is 1.87 bits per heavy atom. The Bertz CT molecular complexity index is 926. The Morgan fingerprint density at radius 1 is 1.16 bits per heavy atom. The zero-order valence-electron chi connectivity index (χ0n) is 17.6. The van der Waals surface area contributed by atoms with Crippen LogP contribution < -0.4 is 10.2 Å². The van der Waals surface area contributed by atoms with E-state index in [-0.39, 0.29) is 17.3 Å². The molecule has 1 heterocycles. The number of amides is 1. The van der Waals surface area contributed by atoms with Crippen LogP contribution in [0.25, 0.3) is 0 Å². The van der Waals surface area contributed by atoms with E-state index in [4.69, 9.17) is 4.74 Å². The summed E-state index contributed by atoms with van der Waals surface area (Å²) in [6, 6.07) is 13.7. The number of carbonyl (C=O) groups is 2. The molecule has 1 N–H and O–H groups in total. The Kier molecular flexibility index (Phi) is 7.59. The van der Waals surface area contributed by atoms with E-state index in [0.717, 1.165) is 44.3 Å². The van der Waals surface area contributed by atoms with Gasteiger partial charge in [0.25, 0.3) is 11.6 Å². The number of nitrogens with zero attached hydrogens (tertiary/aromatic N) is 2. The number of hydrogen-bond donors (Lipinski definition) is 1. The zero-order valence-corrected chi connectivity index (χ0v) is 17.6. The molecule has 1 aliphatic heterocycles. The first-order valence-electron chi connectivity index (χ1n) is 10.5. The second-order valence-electron chi connectivity index (χ2n) is 7.55. The maximum absolute atomic E-state index is 12.4. The predicted molar refractivity (Wildman–Crippen MR) is 117 cm³/mol. The number of nitrogens with one attached hydrogen (secondary N) is 1. The Hall–Kier alpha value is -3.42. The molecule has 0 aromatic heterocycles. The van der Waals surface area contributed by atoms with Gasteiger partial charge in [0.2, 0.25) is 0 Å². The molecule has 1 saturated heterocycles. The zero-order chi connectivity index (χ0) is 22.2. The maximum atomic E-state index is 12.4. The van der Waals surface area contributed by atoms with E-state index >= 15 is 0 Å². The van der Waals surface area contributed by atoms with Crippen molar-refractivity contribution >= 4 is 23.3 Å². The number of ether oxygens (including phenoxy) is 1. The largest absolute Gasteiger partial charge is 0.452 e. The highest BCUT2D eigenvalue weighted by Crippen LogP contribution is 2.31. The van der Waals surface area contributed by atoms with Crippen molar-refractivity contribution in [1.82, 2.24) is 5.32 Å². The second-order valence-corrected chi connectivity index (χ2v) is 7.55. The van der Waals surface area contributed by atoms with Gasteiger partial charge in [0, 0.05) is 19.2 Å². The number of nitro groups is 1. The molecule has 1 atom stereocenters. The molecule has 164 valence electrons. The number of esters is 1. The van der Waals surface area contributed by atoms with Crippen molar-refractivity contribution in [2.75, 3.05) is 24.6 Å². The van der Waals surface area contributed by atoms with Crippen LogP contribution in [0.2, 0.25) is 0 Å². The van der Waals surface area contributed by atoms with E-state index in [1.54, 1.807) is 6.07 Å². The van der Waals surface area contributed by atoms with E-state index < -0.39 is 23.4 Å². The molecule has 1 amide bonds. The molecule has 0 spiro atoms. The molecule has 0 aliphatic carbocycles. The molecule has 2 aromatic rings. The van der Waals surface area contributed by atoms with E-state index in [0.29, 0.717) is 5.69 Å². The lowest BCUT2D eigenvalue weighted by Crippen LogP contribution is -2.32. The predicted octanol–water partition coefficient (Wildman–Crippen LogP) is 4.01. The van der Waals surface area contributed by atoms with Crippen LogP contribution in [-0.2, 0) is 9.53 Å². The average Bonchev–Trinajstić information content (AvgIpc) is 3.32. The van der Waals surface area contributed by atoms with Crippen LogP contribution in [0.4, 0.5) is 11.4 Å². The topological polar surface area (TPSA) is 102 Å². The first-order chi connectivity index (χ1) is 15.0. The summed E-state index contributed by atoms with van der Waals surface area (Å²) in [6.45, 7) is 3.09. The highest BCUT2D eigenvalue weighted by Gasteiger charge is 2.24. The third-order valence-corrected chi connectivity index (χ3v) is 5.30. The average molecular weight is 425 g/mol. The smallest absolute Gasteiger partial charge is 0.338 e. The summed E-state index contributed by atoms with van der Waals surface area (Å²) in [4.78, 5) is 37.7. The molecular weight excluding hydrogens is 398 g/mol. The number of nitro benzene ring substituents is 1. The second kappa shape index (κ2) is 10.6. The van der Waals surface area contributed by atoms with Gasteiger partial charge in [-0.05, 0) is 37.0 Å². The van der Waals surface area contributed by atoms with E-state index in [1.165, 1.54) is 12.1 Å². The van der Waals surface area contributed by atoms with E-state index in [9.17, 15) is 19.7 Å². The van der Waals surface area contributed by atoms with Crippen molar-refractivity contribution in [2.24, 2.45) is 0 Å². The number of hydrogen-bond acceptors (Lipinski definition) is 6. The van der Waals surface area contributed by atoms with Gasteiger partial charge >= 0.3 is 5.97 Å². The molecule has 31 heavy (non-hydrogen) atoms. The van der Waals surface area contributed by atoms with Crippen molar-refractivity contribution < 1.29 is 19.2 Å². The molecule has 0 saturated carbocycles. The van der Waals surface area contributed by atoms with Crippen LogP contribution in [0.3, 0.4) is 0 Å². The molecule has 0 unspecified atom stereocenters. The van der Waals surface area contributed by atoms with Crippen molar-refractivity contribution in [3.63, 3.8) is 0 Å². The summed E-state index contributed by atoms with van der Waals surface area (Å²) >= 11 is 0. The van der Waals surface area contributed by atoms with Crippen molar-refractivity contribution in [1.29, 1.82) is 0 Å². The van der Waals surface area contributed by atoms with Gasteiger partial charge in [-0.3, -0.25) is 14.9 Å².